The summed E-state index contributed by atoms with van der Waals surface area (Å²) >= 11 is 1.62. The van der Waals surface area contributed by atoms with Crippen LogP contribution < -0.4 is 10.6 Å². The predicted octanol–water partition coefficient (Wildman–Crippen LogP) is 2.53. The molecule has 3 unspecified atom stereocenters. The largest absolute Gasteiger partial charge is 0.373 e. The molecule has 6 heteroatoms. The third kappa shape index (κ3) is 3.38. The van der Waals surface area contributed by atoms with Crippen molar-refractivity contribution in [1.29, 1.82) is 0 Å². The molecule has 2 heterocycles. The summed E-state index contributed by atoms with van der Waals surface area (Å²) < 4.78 is 19.3. The molecule has 0 aliphatic carbocycles. The van der Waals surface area contributed by atoms with Gasteiger partial charge in [-0.15, -0.1) is 11.8 Å². The number of hydrogen-bond donors (Lipinski definition) is 2. The first-order valence-electron chi connectivity index (χ1n) is 7.64. The minimum atomic E-state index is -0.209. The number of hydrogen-bond acceptors (Lipinski definition) is 3. The topological polar surface area (TPSA) is 45.7 Å². The van der Waals surface area contributed by atoms with Crippen molar-refractivity contribution in [3.05, 3.63) is 29.6 Å². The first-order valence-corrected chi connectivity index (χ1v) is 8.87. The fourth-order valence-electron chi connectivity index (χ4n) is 3.22. The highest BCUT2D eigenvalue weighted by atomic mass is 32.2. The Hall–Kier alpha value is -1.27. The molecule has 4 nitrogen and oxygen atoms in total. The molecule has 1 aromatic rings. The van der Waals surface area contributed by atoms with Crippen LogP contribution in [0.15, 0.2) is 28.1 Å². The second kappa shape index (κ2) is 6.87. The highest BCUT2D eigenvalue weighted by molar-refractivity contribution is 7.98. The van der Waals surface area contributed by atoms with Gasteiger partial charge in [-0.05, 0) is 49.3 Å². The van der Waals surface area contributed by atoms with Crippen LogP contribution >= 0.6 is 11.8 Å². The zero-order chi connectivity index (χ0) is 15.5. The van der Waals surface area contributed by atoms with Crippen LogP contribution in [-0.4, -0.2) is 37.5 Å². The van der Waals surface area contributed by atoms with Gasteiger partial charge < -0.3 is 15.4 Å². The Morgan fingerprint density at radius 2 is 2.32 bits per heavy atom. The number of rotatable bonds is 4. The van der Waals surface area contributed by atoms with Gasteiger partial charge in [0.15, 0.2) is 5.96 Å². The molecule has 1 aromatic carbocycles. The highest BCUT2D eigenvalue weighted by Gasteiger charge is 2.41. The molecule has 2 saturated heterocycles. The Morgan fingerprint density at radius 3 is 2.95 bits per heavy atom. The monoisotopic (exact) mass is 323 g/mol. The maximum Gasteiger partial charge on any atom is 0.191 e. The fourth-order valence-corrected chi connectivity index (χ4v) is 3.82. The van der Waals surface area contributed by atoms with E-state index < -0.39 is 0 Å². The molecule has 0 spiro atoms. The Balaban J connectivity index is 1.58. The van der Waals surface area contributed by atoms with Gasteiger partial charge in [0.25, 0.3) is 0 Å². The quantitative estimate of drug-likeness (QED) is 0.508. The molecule has 3 atom stereocenters. The van der Waals surface area contributed by atoms with Crippen molar-refractivity contribution < 1.29 is 9.13 Å². The Bertz CT molecular complexity index is 566. The maximum absolute atomic E-state index is 13.4. The Labute approximate surface area is 134 Å². The summed E-state index contributed by atoms with van der Waals surface area (Å²) in [6, 6.07) is 5.22. The second-order valence-corrected chi connectivity index (χ2v) is 6.59. The molecule has 0 amide bonds. The lowest BCUT2D eigenvalue weighted by Gasteiger charge is -2.23. The standard InChI is InChI=1S/C16H22FN3OS/c1-18-16(20-13-8-12-4-5-14(13)21-12)19-9-10-7-11(17)3-6-15(10)22-2/h3,6-7,12-14H,4-5,8-9H2,1-2H3,(H2,18,19,20). The third-order valence-corrected chi connectivity index (χ3v) is 5.18. The van der Waals surface area contributed by atoms with E-state index in [1.807, 2.05) is 12.3 Å². The van der Waals surface area contributed by atoms with Crippen molar-refractivity contribution in [2.45, 2.75) is 49.0 Å². The molecular formula is C16H22FN3OS. The maximum atomic E-state index is 13.4. The minimum Gasteiger partial charge on any atom is -0.373 e. The molecule has 0 aromatic heterocycles. The zero-order valence-corrected chi connectivity index (χ0v) is 13.8. The van der Waals surface area contributed by atoms with Crippen LogP contribution in [0.4, 0.5) is 4.39 Å². The van der Waals surface area contributed by atoms with Crippen LogP contribution in [-0.2, 0) is 11.3 Å². The van der Waals surface area contributed by atoms with E-state index in [1.165, 1.54) is 12.5 Å². The second-order valence-electron chi connectivity index (χ2n) is 5.74. The molecule has 2 aliphatic rings. The normalized spacial score (nSPS) is 27.2. The SMILES string of the molecule is CN=C(NCc1cc(F)ccc1SC)NC1CC2CCC1O2. The fraction of sp³-hybridized carbons (Fsp3) is 0.562. The van der Waals surface area contributed by atoms with Crippen molar-refractivity contribution in [1.82, 2.24) is 10.6 Å². The minimum absolute atomic E-state index is 0.209. The smallest absolute Gasteiger partial charge is 0.191 e. The lowest BCUT2D eigenvalue weighted by Crippen LogP contribution is -2.47. The van der Waals surface area contributed by atoms with E-state index in [2.05, 4.69) is 15.6 Å². The van der Waals surface area contributed by atoms with E-state index in [9.17, 15) is 4.39 Å². The number of nitrogens with one attached hydrogen (secondary N) is 2. The van der Waals surface area contributed by atoms with Gasteiger partial charge in [-0.2, -0.15) is 0 Å². The van der Waals surface area contributed by atoms with Crippen molar-refractivity contribution in [2.75, 3.05) is 13.3 Å². The highest BCUT2D eigenvalue weighted by Crippen LogP contribution is 2.34. The van der Waals surface area contributed by atoms with Gasteiger partial charge in [-0.3, -0.25) is 4.99 Å². The van der Waals surface area contributed by atoms with Gasteiger partial charge in [-0.1, -0.05) is 0 Å². The zero-order valence-electron chi connectivity index (χ0n) is 12.9. The van der Waals surface area contributed by atoms with Gasteiger partial charge in [0, 0.05) is 18.5 Å². The third-order valence-electron chi connectivity index (χ3n) is 4.34. The van der Waals surface area contributed by atoms with Gasteiger partial charge in [0.2, 0.25) is 0 Å². The van der Waals surface area contributed by atoms with Crippen molar-refractivity contribution in [3.63, 3.8) is 0 Å². The molecule has 0 radical (unpaired) electrons. The number of thioether (sulfide) groups is 1. The summed E-state index contributed by atoms with van der Waals surface area (Å²) in [6.45, 7) is 0.551. The molecular weight excluding hydrogens is 301 g/mol. The van der Waals surface area contributed by atoms with Crippen LogP contribution in [0.25, 0.3) is 0 Å². The van der Waals surface area contributed by atoms with Crippen molar-refractivity contribution in [3.8, 4) is 0 Å². The molecule has 22 heavy (non-hydrogen) atoms. The van der Waals surface area contributed by atoms with E-state index in [4.69, 9.17) is 4.74 Å². The number of halogens is 1. The van der Waals surface area contributed by atoms with E-state index in [-0.39, 0.29) is 5.82 Å². The summed E-state index contributed by atoms with van der Waals surface area (Å²) in [4.78, 5) is 5.34. The number of aliphatic imine (C=N–C) groups is 1. The number of nitrogens with zero attached hydrogens (tertiary/aromatic N) is 1. The summed E-state index contributed by atoms with van der Waals surface area (Å²) in [7, 11) is 1.75. The van der Waals surface area contributed by atoms with Crippen LogP contribution in [0, 0.1) is 5.82 Å². The molecule has 2 bridgehead atoms. The molecule has 3 rings (SSSR count). The van der Waals surface area contributed by atoms with Crippen LogP contribution in [0.3, 0.4) is 0 Å². The van der Waals surface area contributed by atoms with Gasteiger partial charge in [0.1, 0.15) is 5.82 Å². The number of guanidine groups is 1. The van der Waals surface area contributed by atoms with Crippen LogP contribution in [0.5, 0.6) is 0 Å². The molecule has 0 saturated carbocycles. The van der Waals surface area contributed by atoms with E-state index in [0.717, 1.165) is 29.3 Å². The number of fused-ring (bicyclic) bond motifs is 2. The van der Waals surface area contributed by atoms with Crippen LogP contribution in [0.2, 0.25) is 0 Å². The molecule has 2 fully saturated rings. The predicted molar refractivity (Wildman–Crippen MR) is 87.8 cm³/mol. The van der Waals surface area contributed by atoms with E-state index >= 15 is 0 Å². The van der Waals surface area contributed by atoms with E-state index in [0.29, 0.717) is 24.8 Å². The summed E-state index contributed by atoms with van der Waals surface area (Å²) in [6.07, 6.45) is 6.05. The van der Waals surface area contributed by atoms with Crippen molar-refractivity contribution >= 4 is 17.7 Å². The van der Waals surface area contributed by atoms with Crippen LogP contribution in [0.1, 0.15) is 24.8 Å². The first kappa shape index (κ1) is 15.6. The van der Waals surface area contributed by atoms with Gasteiger partial charge >= 0.3 is 0 Å². The summed E-state index contributed by atoms with van der Waals surface area (Å²) in [5.74, 6) is 0.538. The van der Waals surface area contributed by atoms with E-state index in [1.54, 1.807) is 24.9 Å². The van der Waals surface area contributed by atoms with Gasteiger partial charge in [-0.25, -0.2) is 4.39 Å². The lowest BCUT2D eigenvalue weighted by molar-refractivity contribution is 0.0992. The molecule has 2 N–H and O–H groups in total. The Morgan fingerprint density at radius 1 is 1.45 bits per heavy atom. The average molecular weight is 323 g/mol. The van der Waals surface area contributed by atoms with Crippen molar-refractivity contribution in [2.24, 2.45) is 4.99 Å². The summed E-state index contributed by atoms with van der Waals surface area (Å²) in [5, 5.41) is 6.71. The first-order chi connectivity index (χ1) is 10.7. The lowest BCUT2D eigenvalue weighted by atomic mass is 9.96. The number of benzene rings is 1. The Kier molecular flexibility index (Phi) is 4.88. The molecule has 120 valence electrons. The summed E-state index contributed by atoms with van der Waals surface area (Å²) in [5.41, 5.74) is 0.944. The molecule has 2 aliphatic heterocycles. The van der Waals surface area contributed by atoms with Gasteiger partial charge in [0.05, 0.1) is 18.2 Å². The number of ether oxygens (including phenoxy) is 1. The average Bonchev–Trinajstić information content (AvgIpc) is 3.14.